The van der Waals surface area contributed by atoms with Gasteiger partial charge in [-0.1, -0.05) is 18.2 Å². The highest BCUT2D eigenvalue weighted by molar-refractivity contribution is 5.92. The van der Waals surface area contributed by atoms with E-state index in [4.69, 9.17) is 5.73 Å². The van der Waals surface area contributed by atoms with Gasteiger partial charge in [0.2, 0.25) is 5.91 Å². The molecule has 0 saturated heterocycles. The fourth-order valence-electron chi connectivity index (χ4n) is 1.30. The quantitative estimate of drug-likeness (QED) is 0.762. The van der Waals surface area contributed by atoms with Gasteiger partial charge in [0.05, 0.1) is 6.54 Å². The van der Waals surface area contributed by atoms with Crippen molar-refractivity contribution in [3.8, 4) is 0 Å². The predicted octanol–water partition coefficient (Wildman–Crippen LogP) is 0.645. The third-order valence-corrected chi connectivity index (χ3v) is 1.97. The molecule has 0 aliphatic heterocycles. The van der Waals surface area contributed by atoms with Gasteiger partial charge in [0.25, 0.3) is 0 Å². The van der Waals surface area contributed by atoms with Crippen molar-refractivity contribution in [2.45, 2.75) is 6.54 Å². The van der Waals surface area contributed by atoms with Gasteiger partial charge in [0, 0.05) is 12.2 Å². The highest BCUT2D eigenvalue weighted by Crippen LogP contribution is 2.13. The Morgan fingerprint density at radius 1 is 1.40 bits per heavy atom. The number of hydrogen-bond donors (Lipinski definition) is 2. The molecule has 3 N–H and O–H groups in total. The second-order valence-corrected chi connectivity index (χ2v) is 3.65. The Bertz CT molecular complexity index is 336. The van der Waals surface area contributed by atoms with Crippen molar-refractivity contribution in [3.63, 3.8) is 0 Å². The Hall–Kier alpha value is -1.39. The van der Waals surface area contributed by atoms with Crippen LogP contribution in [0.25, 0.3) is 0 Å². The van der Waals surface area contributed by atoms with Crippen molar-refractivity contribution in [2.24, 2.45) is 5.73 Å². The van der Waals surface area contributed by atoms with E-state index in [0.717, 1.165) is 11.3 Å². The van der Waals surface area contributed by atoms with Crippen LogP contribution in [0.4, 0.5) is 5.69 Å². The summed E-state index contributed by atoms with van der Waals surface area (Å²) in [6.07, 6.45) is 0. The monoisotopic (exact) mass is 207 g/mol. The minimum absolute atomic E-state index is 0.0269. The van der Waals surface area contributed by atoms with Gasteiger partial charge >= 0.3 is 0 Å². The van der Waals surface area contributed by atoms with Gasteiger partial charge in [-0.25, -0.2) is 0 Å². The number of carbonyl (C=O) groups excluding carboxylic acids is 1. The number of para-hydroxylation sites is 1. The predicted molar refractivity (Wildman–Crippen MR) is 61.5 cm³/mol. The van der Waals surface area contributed by atoms with Crippen molar-refractivity contribution >= 4 is 11.6 Å². The molecule has 1 rings (SSSR count). The van der Waals surface area contributed by atoms with Crippen LogP contribution in [0.3, 0.4) is 0 Å². The molecule has 0 unspecified atom stereocenters. The van der Waals surface area contributed by atoms with E-state index in [1.807, 2.05) is 43.3 Å². The summed E-state index contributed by atoms with van der Waals surface area (Å²) in [5.41, 5.74) is 7.31. The molecule has 0 aliphatic carbocycles. The molecule has 0 bridgehead atoms. The number of hydrogen-bond acceptors (Lipinski definition) is 3. The zero-order valence-electron chi connectivity index (χ0n) is 9.16. The Morgan fingerprint density at radius 3 is 2.67 bits per heavy atom. The minimum atomic E-state index is -0.0269. The second kappa shape index (κ2) is 5.48. The Labute approximate surface area is 90.1 Å². The maximum absolute atomic E-state index is 11.5. The van der Waals surface area contributed by atoms with Gasteiger partial charge in [0.1, 0.15) is 0 Å². The average Bonchev–Trinajstić information content (AvgIpc) is 2.17. The topological polar surface area (TPSA) is 58.4 Å². The summed E-state index contributed by atoms with van der Waals surface area (Å²) >= 11 is 0. The van der Waals surface area contributed by atoms with Crippen molar-refractivity contribution in [3.05, 3.63) is 29.8 Å². The van der Waals surface area contributed by atoms with E-state index in [1.54, 1.807) is 0 Å². The van der Waals surface area contributed by atoms with Gasteiger partial charge in [-0.3, -0.25) is 4.79 Å². The number of likely N-dealkylation sites (N-methyl/N-ethyl adjacent to an activating group) is 1. The summed E-state index contributed by atoms with van der Waals surface area (Å²) in [7, 11) is 3.71. The fourth-order valence-corrected chi connectivity index (χ4v) is 1.30. The van der Waals surface area contributed by atoms with Crippen LogP contribution in [0, 0.1) is 0 Å². The van der Waals surface area contributed by atoms with Crippen molar-refractivity contribution in [2.75, 3.05) is 26.0 Å². The third kappa shape index (κ3) is 3.69. The van der Waals surface area contributed by atoms with Crippen LogP contribution in [0.1, 0.15) is 5.56 Å². The molecule has 4 nitrogen and oxygen atoms in total. The number of nitrogens with zero attached hydrogens (tertiary/aromatic N) is 1. The number of amides is 1. The van der Waals surface area contributed by atoms with E-state index in [1.165, 1.54) is 0 Å². The zero-order valence-corrected chi connectivity index (χ0v) is 9.16. The number of nitrogens with one attached hydrogen (secondary N) is 1. The van der Waals surface area contributed by atoms with Crippen LogP contribution in [0.5, 0.6) is 0 Å². The van der Waals surface area contributed by atoms with Crippen molar-refractivity contribution in [1.82, 2.24) is 4.90 Å². The summed E-state index contributed by atoms with van der Waals surface area (Å²) in [5.74, 6) is -0.0269. The maximum Gasteiger partial charge on any atom is 0.238 e. The van der Waals surface area contributed by atoms with Crippen LogP contribution in [0.2, 0.25) is 0 Å². The van der Waals surface area contributed by atoms with Gasteiger partial charge in [-0.05, 0) is 25.7 Å². The molecule has 0 spiro atoms. The summed E-state index contributed by atoms with van der Waals surface area (Å²) in [4.78, 5) is 13.3. The third-order valence-electron chi connectivity index (χ3n) is 1.97. The lowest BCUT2D eigenvalue weighted by atomic mass is 10.2. The summed E-state index contributed by atoms with van der Waals surface area (Å²) in [6.45, 7) is 0.803. The second-order valence-electron chi connectivity index (χ2n) is 3.65. The molecular weight excluding hydrogens is 190 g/mol. The van der Waals surface area contributed by atoms with Crippen molar-refractivity contribution < 1.29 is 4.79 Å². The zero-order chi connectivity index (χ0) is 11.3. The smallest absolute Gasteiger partial charge is 0.238 e. The van der Waals surface area contributed by atoms with Crippen molar-refractivity contribution in [1.29, 1.82) is 0 Å². The Balaban J connectivity index is 2.67. The number of anilines is 1. The Morgan fingerprint density at radius 2 is 2.07 bits per heavy atom. The lowest BCUT2D eigenvalue weighted by Gasteiger charge is -2.12. The lowest BCUT2D eigenvalue weighted by Crippen LogP contribution is -2.27. The van der Waals surface area contributed by atoms with E-state index in [2.05, 4.69) is 5.32 Å². The van der Waals surface area contributed by atoms with Crippen LogP contribution in [-0.2, 0) is 11.3 Å². The number of nitrogens with two attached hydrogens (primary N) is 1. The van der Waals surface area contributed by atoms with Gasteiger partial charge in [0.15, 0.2) is 0 Å². The molecule has 82 valence electrons. The van der Waals surface area contributed by atoms with Crippen LogP contribution < -0.4 is 11.1 Å². The molecule has 15 heavy (non-hydrogen) atoms. The normalized spacial score (nSPS) is 10.4. The average molecular weight is 207 g/mol. The van der Waals surface area contributed by atoms with E-state index in [-0.39, 0.29) is 5.91 Å². The molecule has 1 aromatic carbocycles. The molecule has 1 aromatic rings. The maximum atomic E-state index is 11.5. The summed E-state index contributed by atoms with van der Waals surface area (Å²) < 4.78 is 0. The Kier molecular flexibility index (Phi) is 4.27. The van der Waals surface area contributed by atoms with Gasteiger partial charge < -0.3 is 16.0 Å². The first-order valence-electron chi connectivity index (χ1n) is 4.86. The molecule has 0 radical (unpaired) electrons. The van der Waals surface area contributed by atoms with Gasteiger partial charge in [-0.2, -0.15) is 0 Å². The van der Waals surface area contributed by atoms with E-state index in [0.29, 0.717) is 13.1 Å². The number of rotatable bonds is 4. The first-order valence-corrected chi connectivity index (χ1v) is 4.86. The number of carbonyl (C=O) groups is 1. The highest BCUT2D eigenvalue weighted by Gasteiger charge is 2.05. The van der Waals surface area contributed by atoms with Crippen LogP contribution in [-0.4, -0.2) is 31.4 Å². The molecule has 0 saturated carbocycles. The molecule has 0 atom stereocenters. The molecule has 4 heteroatoms. The highest BCUT2D eigenvalue weighted by atomic mass is 16.2. The first kappa shape index (κ1) is 11.7. The summed E-state index contributed by atoms with van der Waals surface area (Å²) in [6, 6.07) is 7.55. The van der Waals surface area contributed by atoms with E-state index >= 15 is 0 Å². The van der Waals surface area contributed by atoms with E-state index < -0.39 is 0 Å². The SMILES string of the molecule is CN(C)CC(=O)Nc1ccccc1CN. The standard InChI is InChI=1S/C11H17N3O/c1-14(2)8-11(15)13-10-6-4-3-5-9(10)7-12/h3-6H,7-8,12H2,1-2H3,(H,13,15). The molecule has 0 heterocycles. The number of benzene rings is 1. The fraction of sp³-hybridized carbons (Fsp3) is 0.364. The molecule has 0 aliphatic rings. The minimum Gasteiger partial charge on any atom is -0.326 e. The lowest BCUT2D eigenvalue weighted by molar-refractivity contribution is -0.116. The molecular formula is C11H17N3O. The first-order chi connectivity index (χ1) is 7.13. The summed E-state index contributed by atoms with van der Waals surface area (Å²) in [5, 5.41) is 2.83. The molecule has 1 amide bonds. The van der Waals surface area contributed by atoms with Gasteiger partial charge in [-0.15, -0.1) is 0 Å². The molecule has 0 fully saturated rings. The van der Waals surface area contributed by atoms with E-state index in [9.17, 15) is 4.79 Å². The largest absolute Gasteiger partial charge is 0.326 e. The molecule has 0 aromatic heterocycles. The van der Waals surface area contributed by atoms with Crippen LogP contribution >= 0.6 is 0 Å². The van der Waals surface area contributed by atoms with Crippen LogP contribution in [0.15, 0.2) is 24.3 Å².